The van der Waals surface area contributed by atoms with Crippen LogP contribution in [0, 0.1) is 0 Å². The van der Waals surface area contributed by atoms with Gasteiger partial charge in [0.05, 0.1) is 13.2 Å². The van der Waals surface area contributed by atoms with Crippen LogP contribution in [-0.4, -0.2) is 32.7 Å². The Morgan fingerprint density at radius 3 is 2.67 bits per heavy atom. The van der Waals surface area contributed by atoms with Gasteiger partial charge in [-0.3, -0.25) is 4.79 Å². The Morgan fingerprint density at radius 2 is 2.11 bits per heavy atom. The minimum atomic E-state index is -0.0303. The second-order valence-corrected chi connectivity index (χ2v) is 3.88. The lowest BCUT2D eigenvalue weighted by atomic mass is 10.2. The smallest absolute Gasteiger partial charge is 0.239 e. The molecule has 0 radical (unpaired) electrons. The van der Waals surface area contributed by atoms with Crippen molar-refractivity contribution in [2.75, 3.05) is 37.4 Å². The summed E-state index contributed by atoms with van der Waals surface area (Å²) in [7, 11) is 1.63. The first-order valence-electron chi connectivity index (χ1n) is 6.09. The highest BCUT2D eigenvalue weighted by atomic mass is 16.5. The molecule has 0 bridgehead atoms. The van der Waals surface area contributed by atoms with Crippen LogP contribution in [0.15, 0.2) is 18.2 Å². The van der Waals surface area contributed by atoms with Gasteiger partial charge in [0, 0.05) is 37.1 Å². The van der Waals surface area contributed by atoms with E-state index in [4.69, 9.17) is 10.5 Å². The Balaban J connectivity index is 2.93. The molecule has 0 spiro atoms. The maximum atomic E-state index is 11.4. The predicted molar refractivity (Wildman–Crippen MR) is 74.0 cm³/mol. The van der Waals surface area contributed by atoms with E-state index in [0.29, 0.717) is 18.8 Å². The zero-order valence-corrected chi connectivity index (χ0v) is 11.2. The molecule has 100 valence electrons. The van der Waals surface area contributed by atoms with Crippen molar-refractivity contribution < 1.29 is 9.53 Å². The average Bonchev–Trinajstić information content (AvgIpc) is 2.35. The average molecular weight is 251 g/mol. The van der Waals surface area contributed by atoms with Gasteiger partial charge in [-0.2, -0.15) is 0 Å². The number of carbonyl (C=O) groups is 1. The van der Waals surface area contributed by atoms with Gasteiger partial charge in [0.25, 0.3) is 0 Å². The largest absolute Gasteiger partial charge is 0.494 e. The zero-order chi connectivity index (χ0) is 13.5. The molecule has 3 N–H and O–H groups in total. The summed E-state index contributed by atoms with van der Waals surface area (Å²) in [5.74, 6) is 0.695. The topological polar surface area (TPSA) is 67.6 Å². The molecule has 0 saturated heterocycles. The summed E-state index contributed by atoms with van der Waals surface area (Å²) >= 11 is 0. The Bertz CT molecular complexity index is 407. The van der Waals surface area contributed by atoms with Gasteiger partial charge < -0.3 is 20.7 Å². The molecule has 1 aromatic carbocycles. The highest BCUT2D eigenvalue weighted by Crippen LogP contribution is 2.25. The molecule has 0 aromatic heterocycles. The first kappa shape index (κ1) is 14.2. The molecule has 0 saturated carbocycles. The minimum Gasteiger partial charge on any atom is -0.494 e. The summed E-state index contributed by atoms with van der Waals surface area (Å²) in [5, 5.41) is 2.61. The first-order chi connectivity index (χ1) is 8.60. The lowest BCUT2D eigenvalue weighted by Gasteiger charge is -2.23. The standard InChI is InChI=1S/C13H21N3O2/c1-4-16(9-13(17)15-3)11-6-10(14)7-12(8-11)18-5-2/h6-8H,4-5,9,14H2,1-3H3,(H,15,17). The number of nitrogen functional groups attached to an aromatic ring is 1. The summed E-state index contributed by atoms with van der Waals surface area (Å²) in [6.45, 7) is 5.53. The number of likely N-dealkylation sites (N-methyl/N-ethyl adjacent to an activating group) is 2. The Hall–Kier alpha value is -1.91. The molecule has 18 heavy (non-hydrogen) atoms. The maximum absolute atomic E-state index is 11.4. The number of rotatable bonds is 6. The van der Waals surface area contributed by atoms with Crippen molar-refractivity contribution in [3.8, 4) is 5.75 Å². The van der Waals surface area contributed by atoms with Crippen LogP contribution >= 0.6 is 0 Å². The third-order valence-corrected chi connectivity index (χ3v) is 2.58. The van der Waals surface area contributed by atoms with Crippen LogP contribution in [0.3, 0.4) is 0 Å². The highest BCUT2D eigenvalue weighted by Gasteiger charge is 2.10. The van der Waals surface area contributed by atoms with Crippen molar-refractivity contribution in [1.82, 2.24) is 5.32 Å². The van der Waals surface area contributed by atoms with Crippen LogP contribution in [0.5, 0.6) is 5.75 Å². The lowest BCUT2D eigenvalue weighted by molar-refractivity contribution is -0.119. The molecule has 0 aliphatic carbocycles. The molecule has 0 unspecified atom stereocenters. The van der Waals surface area contributed by atoms with Gasteiger partial charge in [-0.15, -0.1) is 0 Å². The summed E-state index contributed by atoms with van der Waals surface area (Å²) in [4.78, 5) is 13.4. The monoisotopic (exact) mass is 251 g/mol. The van der Waals surface area contributed by atoms with E-state index in [2.05, 4.69) is 5.32 Å². The number of anilines is 2. The van der Waals surface area contributed by atoms with E-state index in [1.54, 1.807) is 13.1 Å². The Labute approximate surface area is 108 Å². The normalized spacial score (nSPS) is 9.94. The lowest BCUT2D eigenvalue weighted by Crippen LogP contribution is -2.35. The summed E-state index contributed by atoms with van der Waals surface area (Å²) < 4.78 is 5.45. The molecule has 0 atom stereocenters. The van der Waals surface area contributed by atoms with Gasteiger partial charge in [-0.05, 0) is 19.9 Å². The van der Waals surface area contributed by atoms with Crippen molar-refractivity contribution in [1.29, 1.82) is 0 Å². The molecule has 0 aliphatic rings. The fourth-order valence-electron chi connectivity index (χ4n) is 1.68. The second kappa shape index (κ2) is 6.74. The van der Waals surface area contributed by atoms with Crippen molar-refractivity contribution in [3.05, 3.63) is 18.2 Å². The van der Waals surface area contributed by atoms with Crippen LogP contribution in [-0.2, 0) is 4.79 Å². The van der Waals surface area contributed by atoms with Gasteiger partial charge in [0.1, 0.15) is 5.75 Å². The van der Waals surface area contributed by atoms with Crippen LogP contribution < -0.4 is 20.7 Å². The minimum absolute atomic E-state index is 0.0303. The Morgan fingerprint density at radius 1 is 1.39 bits per heavy atom. The van der Waals surface area contributed by atoms with Gasteiger partial charge in [0.2, 0.25) is 5.91 Å². The van der Waals surface area contributed by atoms with Crippen LogP contribution in [0.2, 0.25) is 0 Å². The molecule has 0 fully saturated rings. The highest BCUT2D eigenvalue weighted by molar-refractivity contribution is 5.81. The van der Waals surface area contributed by atoms with E-state index in [1.165, 1.54) is 0 Å². The van der Waals surface area contributed by atoms with Crippen molar-refractivity contribution in [2.45, 2.75) is 13.8 Å². The molecular formula is C13H21N3O2. The fraction of sp³-hybridized carbons (Fsp3) is 0.462. The van der Waals surface area contributed by atoms with Crippen molar-refractivity contribution >= 4 is 17.3 Å². The SMILES string of the molecule is CCOc1cc(N)cc(N(CC)CC(=O)NC)c1. The number of ether oxygens (including phenoxy) is 1. The molecular weight excluding hydrogens is 230 g/mol. The predicted octanol–water partition coefficient (Wildman–Crippen LogP) is 1.24. The number of hydrogen-bond acceptors (Lipinski definition) is 4. The van der Waals surface area contributed by atoms with Crippen LogP contribution in [0.4, 0.5) is 11.4 Å². The van der Waals surface area contributed by atoms with Crippen LogP contribution in [0.1, 0.15) is 13.8 Å². The van der Waals surface area contributed by atoms with E-state index in [0.717, 1.165) is 18.0 Å². The third-order valence-electron chi connectivity index (χ3n) is 2.58. The first-order valence-corrected chi connectivity index (χ1v) is 6.09. The molecule has 0 aliphatic heterocycles. The van der Waals surface area contributed by atoms with Gasteiger partial charge in [-0.1, -0.05) is 0 Å². The molecule has 1 aromatic rings. The quantitative estimate of drug-likeness (QED) is 0.746. The summed E-state index contributed by atoms with van der Waals surface area (Å²) in [6, 6.07) is 5.52. The van der Waals surface area contributed by atoms with E-state index < -0.39 is 0 Å². The fourth-order valence-corrected chi connectivity index (χ4v) is 1.68. The molecule has 1 rings (SSSR count). The number of carbonyl (C=O) groups excluding carboxylic acids is 1. The van der Waals surface area contributed by atoms with Crippen molar-refractivity contribution in [2.24, 2.45) is 0 Å². The number of amides is 1. The van der Waals surface area contributed by atoms with Gasteiger partial charge in [-0.25, -0.2) is 0 Å². The zero-order valence-electron chi connectivity index (χ0n) is 11.2. The van der Waals surface area contributed by atoms with Crippen LogP contribution in [0.25, 0.3) is 0 Å². The van der Waals surface area contributed by atoms with Crippen molar-refractivity contribution in [3.63, 3.8) is 0 Å². The molecule has 5 heteroatoms. The number of benzene rings is 1. The molecule has 1 amide bonds. The number of nitrogens with zero attached hydrogens (tertiary/aromatic N) is 1. The van der Waals surface area contributed by atoms with E-state index in [1.807, 2.05) is 30.9 Å². The number of nitrogens with two attached hydrogens (primary N) is 1. The molecule has 5 nitrogen and oxygen atoms in total. The number of nitrogens with one attached hydrogen (secondary N) is 1. The summed E-state index contributed by atoms with van der Waals surface area (Å²) in [6.07, 6.45) is 0. The maximum Gasteiger partial charge on any atom is 0.239 e. The van der Waals surface area contributed by atoms with Gasteiger partial charge >= 0.3 is 0 Å². The Kier molecular flexibility index (Phi) is 5.30. The summed E-state index contributed by atoms with van der Waals surface area (Å²) in [5.41, 5.74) is 7.36. The van der Waals surface area contributed by atoms with Gasteiger partial charge in [0.15, 0.2) is 0 Å². The van der Waals surface area contributed by atoms with E-state index >= 15 is 0 Å². The van der Waals surface area contributed by atoms with E-state index in [9.17, 15) is 4.79 Å². The third kappa shape index (κ3) is 3.84. The van der Waals surface area contributed by atoms with E-state index in [-0.39, 0.29) is 5.91 Å². The number of hydrogen-bond donors (Lipinski definition) is 2. The second-order valence-electron chi connectivity index (χ2n) is 3.88. The molecule has 0 heterocycles.